The average molecular weight is 210 g/mol. The van der Waals surface area contributed by atoms with E-state index in [0.717, 1.165) is 19.4 Å². The van der Waals surface area contributed by atoms with E-state index in [1.54, 1.807) is 6.92 Å². The van der Waals surface area contributed by atoms with Gasteiger partial charge in [-0.2, -0.15) is 0 Å². The predicted octanol–water partition coefficient (Wildman–Crippen LogP) is 1.19. The highest BCUT2D eigenvalue weighted by Gasteiger charge is 2.25. The first kappa shape index (κ1) is 10.2. The fraction of sp³-hybridized carbons (Fsp3) is 0.600. The zero-order chi connectivity index (χ0) is 10.8. The summed E-state index contributed by atoms with van der Waals surface area (Å²) >= 11 is 0. The molecule has 2 rings (SSSR count). The Morgan fingerprint density at radius 3 is 3.07 bits per heavy atom. The molecule has 15 heavy (non-hydrogen) atoms. The zero-order valence-electron chi connectivity index (χ0n) is 8.87. The van der Waals surface area contributed by atoms with Crippen molar-refractivity contribution in [2.24, 2.45) is 0 Å². The van der Waals surface area contributed by atoms with Gasteiger partial charge in [-0.15, -0.1) is 0 Å². The summed E-state index contributed by atoms with van der Waals surface area (Å²) in [6.07, 6.45) is 2.11. The Kier molecular flexibility index (Phi) is 2.73. The first-order chi connectivity index (χ1) is 7.22. The highest BCUT2D eigenvalue weighted by molar-refractivity contribution is 5.88. The highest BCUT2D eigenvalue weighted by atomic mass is 16.5. The fourth-order valence-corrected chi connectivity index (χ4v) is 1.75. The monoisotopic (exact) mass is 210 g/mol. The summed E-state index contributed by atoms with van der Waals surface area (Å²) in [7, 11) is 1.34. The Morgan fingerprint density at radius 1 is 1.67 bits per heavy atom. The molecule has 0 radical (unpaired) electrons. The van der Waals surface area contributed by atoms with Gasteiger partial charge in [-0.3, -0.25) is 0 Å². The van der Waals surface area contributed by atoms with Crippen LogP contribution in [0.15, 0.2) is 4.42 Å². The molecule has 5 nitrogen and oxygen atoms in total. The third-order valence-electron chi connectivity index (χ3n) is 2.55. The maximum absolute atomic E-state index is 11.3. The lowest BCUT2D eigenvalue weighted by atomic mass is 10.2. The minimum Gasteiger partial charge on any atom is -0.464 e. The number of hydrogen-bond acceptors (Lipinski definition) is 5. The van der Waals surface area contributed by atoms with Gasteiger partial charge in [-0.05, 0) is 26.3 Å². The normalized spacial score (nSPS) is 20.5. The van der Waals surface area contributed by atoms with E-state index in [1.807, 2.05) is 0 Å². The standard InChI is InChI=1S/C10H14N2O3/c1-6-8(10(13)14-2)12-9(15-6)7-4-3-5-11-7/h7,11H,3-5H2,1-2H3/t7-/m0/s1. The van der Waals surface area contributed by atoms with Crippen LogP contribution in [0.3, 0.4) is 0 Å². The number of aryl methyl sites for hydroxylation is 1. The van der Waals surface area contributed by atoms with Crippen LogP contribution in [-0.4, -0.2) is 24.6 Å². The van der Waals surface area contributed by atoms with Crippen LogP contribution in [0.4, 0.5) is 0 Å². The van der Waals surface area contributed by atoms with E-state index in [0.29, 0.717) is 11.7 Å². The predicted molar refractivity (Wildman–Crippen MR) is 52.6 cm³/mol. The molecular weight excluding hydrogens is 196 g/mol. The first-order valence-corrected chi connectivity index (χ1v) is 5.01. The molecule has 0 amide bonds. The van der Waals surface area contributed by atoms with Crippen LogP contribution in [0.2, 0.25) is 0 Å². The number of methoxy groups -OCH3 is 1. The number of esters is 1. The molecule has 1 aliphatic rings. The highest BCUT2D eigenvalue weighted by Crippen LogP contribution is 2.24. The second-order valence-corrected chi connectivity index (χ2v) is 3.60. The molecule has 1 N–H and O–H groups in total. The summed E-state index contributed by atoms with van der Waals surface area (Å²) in [5.41, 5.74) is 0.279. The Bertz CT molecular complexity index is 367. The molecule has 1 atom stereocenters. The fourth-order valence-electron chi connectivity index (χ4n) is 1.75. The summed E-state index contributed by atoms with van der Waals surface area (Å²) in [4.78, 5) is 15.5. The SMILES string of the molecule is COC(=O)c1nc([C@@H]2CCCN2)oc1C. The van der Waals surface area contributed by atoms with Crippen LogP contribution in [-0.2, 0) is 4.74 Å². The number of rotatable bonds is 2. The summed E-state index contributed by atoms with van der Waals surface area (Å²) in [5.74, 6) is 0.663. The van der Waals surface area contributed by atoms with Gasteiger partial charge in [0.25, 0.3) is 0 Å². The quantitative estimate of drug-likeness (QED) is 0.743. The molecule has 1 saturated heterocycles. The molecule has 0 saturated carbocycles. The maximum atomic E-state index is 11.3. The molecule has 0 unspecified atom stereocenters. The Labute approximate surface area is 87.8 Å². The van der Waals surface area contributed by atoms with Gasteiger partial charge in [-0.25, -0.2) is 9.78 Å². The number of carbonyl (C=O) groups is 1. The molecule has 0 spiro atoms. The first-order valence-electron chi connectivity index (χ1n) is 5.01. The van der Waals surface area contributed by atoms with Crippen molar-refractivity contribution in [2.45, 2.75) is 25.8 Å². The van der Waals surface area contributed by atoms with Crippen molar-refractivity contribution in [3.8, 4) is 0 Å². The minimum absolute atomic E-state index is 0.141. The van der Waals surface area contributed by atoms with Crippen LogP contribution in [0.25, 0.3) is 0 Å². The number of hydrogen-bond donors (Lipinski definition) is 1. The average Bonchev–Trinajstić information content (AvgIpc) is 2.84. The van der Waals surface area contributed by atoms with E-state index in [4.69, 9.17) is 4.42 Å². The van der Waals surface area contributed by atoms with Crippen molar-refractivity contribution >= 4 is 5.97 Å². The second kappa shape index (κ2) is 4.02. The summed E-state index contributed by atoms with van der Waals surface area (Å²) in [6.45, 7) is 2.69. The van der Waals surface area contributed by atoms with Crippen LogP contribution in [0.1, 0.15) is 41.0 Å². The maximum Gasteiger partial charge on any atom is 0.360 e. The van der Waals surface area contributed by atoms with Gasteiger partial charge in [0.2, 0.25) is 5.89 Å². The molecule has 0 aliphatic carbocycles. The number of carbonyl (C=O) groups excluding carboxylic acids is 1. The van der Waals surface area contributed by atoms with Crippen molar-refractivity contribution in [2.75, 3.05) is 13.7 Å². The molecule has 1 fully saturated rings. The van der Waals surface area contributed by atoms with Gasteiger partial charge in [-0.1, -0.05) is 0 Å². The van der Waals surface area contributed by atoms with Crippen LogP contribution in [0, 0.1) is 6.92 Å². The Balaban J connectivity index is 2.23. The second-order valence-electron chi connectivity index (χ2n) is 3.60. The zero-order valence-corrected chi connectivity index (χ0v) is 8.87. The van der Waals surface area contributed by atoms with Crippen molar-refractivity contribution in [1.29, 1.82) is 0 Å². The summed E-state index contributed by atoms with van der Waals surface area (Å²) in [5, 5.41) is 3.26. The number of ether oxygens (including phenoxy) is 1. The van der Waals surface area contributed by atoms with Gasteiger partial charge >= 0.3 is 5.97 Å². The van der Waals surface area contributed by atoms with Crippen LogP contribution >= 0.6 is 0 Å². The number of nitrogens with one attached hydrogen (secondary N) is 1. The van der Waals surface area contributed by atoms with Crippen molar-refractivity contribution < 1.29 is 13.9 Å². The van der Waals surface area contributed by atoms with E-state index >= 15 is 0 Å². The van der Waals surface area contributed by atoms with Gasteiger partial charge in [0.1, 0.15) is 5.76 Å². The molecule has 1 aromatic rings. The van der Waals surface area contributed by atoms with Crippen molar-refractivity contribution in [1.82, 2.24) is 10.3 Å². The number of oxazole rings is 1. The van der Waals surface area contributed by atoms with Gasteiger partial charge in [0.05, 0.1) is 13.2 Å². The molecule has 0 bridgehead atoms. The molecule has 82 valence electrons. The minimum atomic E-state index is -0.444. The molecule has 5 heteroatoms. The summed E-state index contributed by atoms with van der Waals surface area (Å²) in [6, 6.07) is 0.141. The lowest BCUT2D eigenvalue weighted by Crippen LogP contribution is -2.13. The van der Waals surface area contributed by atoms with E-state index in [2.05, 4.69) is 15.0 Å². The lowest BCUT2D eigenvalue weighted by molar-refractivity contribution is 0.0593. The molecule has 1 aromatic heterocycles. The van der Waals surface area contributed by atoms with E-state index in [-0.39, 0.29) is 11.7 Å². The molecular formula is C10H14N2O3. The van der Waals surface area contributed by atoms with E-state index < -0.39 is 5.97 Å². The molecule has 1 aliphatic heterocycles. The Hall–Kier alpha value is -1.36. The topological polar surface area (TPSA) is 64.4 Å². The number of nitrogens with zero attached hydrogens (tertiary/aromatic N) is 1. The lowest BCUT2D eigenvalue weighted by Gasteiger charge is -2.02. The van der Waals surface area contributed by atoms with E-state index in [9.17, 15) is 4.79 Å². The summed E-state index contributed by atoms with van der Waals surface area (Å²) < 4.78 is 10.1. The smallest absolute Gasteiger partial charge is 0.360 e. The third-order valence-corrected chi connectivity index (χ3v) is 2.55. The largest absolute Gasteiger partial charge is 0.464 e. The van der Waals surface area contributed by atoms with Crippen LogP contribution in [0.5, 0.6) is 0 Å². The van der Waals surface area contributed by atoms with E-state index in [1.165, 1.54) is 7.11 Å². The van der Waals surface area contributed by atoms with Crippen molar-refractivity contribution in [3.63, 3.8) is 0 Å². The van der Waals surface area contributed by atoms with Crippen molar-refractivity contribution in [3.05, 3.63) is 17.3 Å². The van der Waals surface area contributed by atoms with Gasteiger partial charge in [0, 0.05) is 0 Å². The molecule has 0 aromatic carbocycles. The van der Waals surface area contributed by atoms with Gasteiger partial charge in [0.15, 0.2) is 5.69 Å². The Morgan fingerprint density at radius 2 is 2.47 bits per heavy atom. The third kappa shape index (κ3) is 1.87. The molecule has 2 heterocycles. The van der Waals surface area contributed by atoms with Gasteiger partial charge < -0.3 is 14.5 Å². The number of aromatic nitrogens is 1. The van der Waals surface area contributed by atoms with Crippen LogP contribution < -0.4 is 5.32 Å².